The van der Waals surface area contributed by atoms with Crippen molar-refractivity contribution in [2.45, 2.75) is 25.9 Å². The molecule has 0 radical (unpaired) electrons. The van der Waals surface area contributed by atoms with Gasteiger partial charge in [-0.3, -0.25) is 9.59 Å². The number of fused-ring (bicyclic) bond motifs is 1. The first kappa shape index (κ1) is 17.7. The van der Waals surface area contributed by atoms with Crippen molar-refractivity contribution in [1.29, 1.82) is 0 Å². The maximum absolute atomic E-state index is 12.1. The van der Waals surface area contributed by atoms with Crippen molar-refractivity contribution in [1.82, 2.24) is 10.6 Å². The second kappa shape index (κ2) is 8.30. The van der Waals surface area contributed by atoms with E-state index < -0.39 is 0 Å². The van der Waals surface area contributed by atoms with Gasteiger partial charge in [0.15, 0.2) is 0 Å². The summed E-state index contributed by atoms with van der Waals surface area (Å²) in [5.41, 5.74) is 1.65. The molecule has 4 heteroatoms. The Morgan fingerprint density at radius 2 is 1.58 bits per heavy atom. The fraction of sp³-hybridized carbons (Fsp3) is 0.182. The molecular weight excluding hydrogens is 324 g/mol. The Morgan fingerprint density at radius 1 is 0.885 bits per heavy atom. The average Bonchev–Trinajstić information content (AvgIpc) is 2.66. The van der Waals surface area contributed by atoms with E-state index in [0.717, 1.165) is 10.9 Å². The van der Waals surface area contributed by atoms with Gasteiger partial charge < -0.3 is 10.6 Å². The maximum Gasteiger partial charge on any atom is 0.251 e. The molecule has 3 aromatic rings. The summed E-state index contributed by atoms with van der Waals surface area (Å²) in [5, 5.41) is 8.10. The lowest BCUT2D eigenvalue weighted by atomic mass is 10.1. The van der Waals surface area contributed by atoms with Crippen LogP contribution in [0.25, 0.3) is 10.8 Å². The van der Waals surface area contributed by atoms with E-state index in [4.69, 9.17) is 0 Å². The van der Waals surface area contributed by atoms with Crippen LogP contribution in [0.4, 0.5) is 0 Å². The molecule has 0 aliphatic heterocycles. The third kappa shape index (κ3) is 4.70. The van der Waals surface area contributed by atoms with E-state index in [1.165, 1.54) is 5.39 Å². The molecule has 132 valence electrons. The van der Waals surface area contributed by atoms with Crippen LogP contribution in [0.5, 0.6) is 0 Å². The Labute approximate surface area is 153 Å². The molecule has 0 heterocycles. The summed E-state index contributed by atoms with van der Waals surface area (Å²) in [7, 11) is 0. The van der Waals surface area contributed by atoms with Crippen LogP contribution < -0.4 is 10.6 Å². The molecule has 0 aliphatic carbocycles. The van der Waals surface area contributed by atoms with Crippen LogP contribution in [-0.2, 0) is 11.3 Å². The molecule has 0 saturated carbocycles. The topological polar surface area (TPSA) is 58.2 Å². The van der Waals surface area contributed by atoms with Crippen LogP contribution in [0, 0.1) is 0 Å². The van der Waals surface area contributed by atoms with Crippen LogP contribution >= 0.6 is 0 Å². The average molecular weight is 346 g/mol. The largest absolute Gasteiger partial charge is 0.352 e. The van der Waals surface area contributed by atoms with Gasteiger partial charge in [0.25, 0.3) is 5.91 Å². The Kier molecular flexibility index (Phi) is 5.64. The second-order valence-electron chi connectivity index (χ2n) is 6.40. The highest BCUT2D eigenvalue weighted by Gasteiger charge is 2.13. The molecule has 0 saturated heterocycles. The van der Waals surface area contributed by atoms with Crippen LogP contribution in [0.1, 0.15) is 29.3 Å². The summed E-state index contributed by atoms with van der Waals surface area (Å²) in [6.45, 7) is 2.31. The van der Waals surface area contributed by atoms with Crippen molar-refractivity contribution >= 4 is 22.6 Å². The number of benzene rings is 3. The highest BCUT2D eigenvalue weighted by Crippen LogP contribution is 2.15. The van der Waals surface area contributed by atoms with Gasteiger partial charge in [0.2, 0.25) is 5.91 Å². The molecule has 26 heavy (non-hydrogen) atoms. The zero-order valence-electron chi connectivity index (χ0n) is 14.7. The van der Waals surface area contributed by atoms with E-state index in [9.17, 15) is 9.59 Å². The Balaban J connectivity index is 1.49. The minimum Gasteiger partial charge on any atom is -0.352 e. The molecule has 2 amide bonds. The molecule has 3 aromatic carbocycles. The fourth-order valence-corrected chi connectivity index (χ4v) is 2.85. The van der Waals surface area contributed by atoms with Gasteiger partial charge in [0.05, 0.1) is 0 Å². The van der Waals surface area contributed by atoms with Gasteiger partial charge in [-0.15, -0.1) is 0 Å². The lowest BCUT2D eigenvalue weighted by Crippen LogP contribution is -2.37. The minimum absolute atomic E-state index is 0.0842. The number of nitrogens with one attached hydrogen (secondary N) is 2. The van der Waals surface area contributed by atoms with Crippen LogP contribution in [0.3, 0.4) is 0 Å². The van der Waals surface area contributed by atoms with E-state index in [0.29, 0.717) is 12.1 Å². The smallest absolute Gasteiger partial charge is 0.251 e. The zero-order chi connectivity index (χ0) is 18.4. The SMILES string of the molecule is CC(CC(=O)NCc1ccc2ccccc2c1)NC(=O)c1ccccc1. The molecule has 0 bridgehead atoms. The standard InChI is InChI=1S/C22H22N2O2/c1-16(24-22(26)19-8-3-2-4-9-19)13-21(25)23-15-17-11-12-18-7-5-6-10-20(18)14-17/h2-12,14,16H,13,15H2,1H3,(H,23,25)(H,24,26). The van der Waals surface area contributed by atoms with Crippen molar-refractivity contribution in [3.63, 3.8) is 0 Å². The first-order valence-corrected chi connectivity index (χ1v) is 8.72. The van der Waals surface area contributed by atoms with Crippen molar-refractivity contribution in [2.24, 2.45) is 0 Å². The van der Waals surface area contributed by atoms with Crippen LogP contribution in [0.2, 0.25) is 0 Å². The summed E-state index contributed by atoms with van der Waals surface area (Å²) >= 11 is 0. The van der Waals surface area contributed by atoms with Crippen molar-refractivity contribution in [2.75, 3.05) is 0 Å². The summed E-state index contributed by atoms with van der Waals surface area (Å²) in [5.74, 6) is -0.251. The first-order chi connectivity index (χ1) is 12.6. The van der Waals surface area contributed by atoms with Crippen LogP contribution in [0.15, 0.2) is 72.8 Å². The zero-order valence-corrected chi connectivity index (χ0v) is 14.7. The quantitative estimate of drug-likeness (QED) is 0.715. The van der Waals surface area contributed by atoms with Gasteiger partial charge in [-0.25, -0.2) is 0 Å². The predicted molar refractivity (Wildman–Crippen MR) is 104 cm³/mol. The molecule has 2 N–H and O–H groups in total. The second-order valence-corrected chi connectivity index (χ2v) is 6.40. The molecule has 0 aromatic heterocycles. The molecular formula is C22H22N2O2. The minimum atomic E-state index is -0.237. The number of carbonyl (C=O) groups excluding carboxylic acids is 2. The first-order valence-electron chi connectivity index (χ1n) is 8.72. The highest BCUT2D eigenvalue weighted by atomic mass is 16.2. The fourth-order valence-electron chi connectivity index (χ4n) is 2.85. The molecule has 1 unspecified atom stereocenters. The Morgan fingerprint density at radius 3 is 2.35 bits per heavy atom. The van der Waals surface area contributed by atoms with Crippen molar-refractivity contribution in [3.05, 3.63) is 83.9 Å². The number of amides is 2. The third-order valence-electron chi connectivity index (χ3n) is 4.21. The van der Waals surface area contributed by atoms with Gasteiger partial charge in [-0.2, -0.15) is 0 Å². The van der Waals surface area contributed by atoms with E-state index in [2.05, 4.69) is 34.9 Å². The summed E-state index contributed by atoms with van der Waals surface area (Å²) in [6.07, 6.45) is 0.242. The molecule has 0 spiro atoms. The van der Waals surface area contributed by atoms with Crippen molar-refractivity contribution in [3.8, 4) is 0 Å². The van der Waals surface area contributed by atoms with Crippen LogP contribution in [-0.4, -0.2) is 17.9 Å². The number of hydrogen-bond donors (Lipinski definition) is 2. The summed E-state index contributed by atoms with van der Waals surface area (Å²) in [6, 6.07) is 23.0. The van der Waals surface area contributed by atoms with Gasteiger partial charge in [-0.05, 0) is 41.5 Å². The Bertz CT molecular complexity index is 906. The third-order valence-corrected chi connectivity index (χ3v) is 4.21. The maximum atomic E-state index is 12.1. The molecule has 0 fully saturated rings. The van der Waals surface area contributed by atoms with E-state index in [1.54, 1.807) is 12.1 Å². The highest BCUT2D eigenvalue weighted by molar-refractivity contribution is 5.94. The molecule has 1 atom stereocenters. The summed E-state index contributed by atoms with van der Waals surface area (Å²) < 4.78 is 0. The van der Waals surface area contributed by atoms with E-state index in [-0.39, 0.29) is 24.3 Å². The van der Waals surface area contributed by atoms with Gasteiger partial charge in [-0.1, -0.05) is 54.6 Å². The number of carbonyl (C=O) groups is 2. The monoisotopic (exact) mass is 346 g/mol. The van der Waals surface area contributed by atoms with E-state index in [1.807, 2.05) is 43.3 Å². The Hall–Kier alpha value is -3.14. The molecule has 0 aliphatic rings. The number of hydrogen-bond acceptors (Lipinski definition) is 2. The normalized spacial score (nSPS) is 11.7. The van der Waals surface area contributed by atoms with E-state index >= 15 is 0 Å². The van der Waals surface area contributed by atoms with Gasteiger partial charge >= 0.3 is 0 Å². The summed E-state index contributed by atoms with van der Waals surface area (Å²) in [4.78, 5) is 24.2. The molecule has 3 rings (SSSR count). The number of rotatable bonds is 6. The lowest BCUT2D eigenvalue weighted by Gasteiger charge is -2.14. The van der Waals surface area contributed by atoms with Crippen molar-refractivity contribution < 1.29 is 9.59 Å². The van der Waals surface area contributed by atoms with Gasteiger partial charge in [0.1, 0.15) is 0 Å². The predicted octanol–water partition coefficient (Wildman–Crippen LogP) is 3.66. The lowest BCUT2D eigenvalue weighted by molar-refractivity contribution is -0.121. The molecule has 4 nitrogen and oxygen atoms in total. The van der Waals surface area contributed by atoms with Gasteiger partial charge in [0, 0.05) is 24.6 Å².